The number of benzene rings is 1. The SMILES string of the molecule is CCN1C(=O)c2ccccc2C(S(C)(=O)=O)C1=C1CNC1. The van der Waals surface area contributed by atoms with Crippen molar-refractivity contribution >= 4 is 15.7 Å². The van der Waals surface area contributed by atoms with Crippen LogP contribution in [0.3, 0.4) is 0 Å². The first-order chi connectivity index (χ1) is 9.95. The van der Waals surface area contributed by atoms with Crippen LogP contribution in [0, 0.1) is 0 Å². The molecule has 0 bridgehead atoms. The number of hydrogen-bond donors (Lipinski definition) is 1. The second-order valence-corrected chi connectivity index (χ2v) is 7.57. The first kappa shape index (κ1) is 14.3. The maximum atomic E-state index is 12.7. The average molecular weight is 306 g/mol. The summed E-state index contributed by atoms with van der Waals surface area (Å²) < 4.78 is 24.8. The Morgan fingerprint density at radius 2 is 1.95 bits per heavy atom. The summed E-state index contributed by atoms with van der Waals surface area (Å²) in [5.74, 6) is -0.109. The van der Waals surface area contributed by atoms with Crippen molar-refractivity contribution in [2.45, 2.75) is 12.2 Å². The number of rotatable bonds is 2. The van der Waals surface area contributed by atoms with Gasteiger partial charge < -0.3 is 10.2 Å². The number of nitrogens with one attached hydrogen (secondary N) is 1. The molecule has 1 aromatic rings. The fourth-order valence-corrected chi connectivity index (χ4v) is 4.39. The number of carbonyl (C=O) groups excluding carboxylic acids is 1. The molecule has 3 rings (SSSR count). The monoisotopic (exact) mass is 306 g/mol. The van der Waals surface area contributed by atoms with Crippen molar-refractivity contribution in [2.75, 3.05) is 25.9 Å². The molecule has 0 saturated carbocycles. The minimum atomic E-state index is -3.36. The zero-order valence-electron chi connectivity index (χ0n) is 12.1. The second kappa shape index (κ2) is 4.96. The van der Waals surface area contributed by atoms with Crippen molar-refractivity contribution in [3.63, 3.8) is 0 Å². The van der Waals surface area contributed by atoms with Gasteiger partial charge in [0.1, 0.15) is 5.25 Å². The van der Waals surface area contributed by atoms with E-state index in [1.165, 1.54) is 6.26 Å². The predicted molar refractivity (Wildman–Crippen MR) is 80.6 cm³/mol. The van der Waals surface area contributed by atoms with Crippen molar-refractivity contribution in [1.82, 2.24) is 10.2 Å². The Labute approximate surface area is 124 Å². The van der Waals surface area contributed by atoms with Gasteiger partial charge in [0, 0.05) is 37.2 Å². The van der Waals surface area contributed by atoms with Crippen LogP contribution in [0.2, 0.25) is 0 Å². The lowest BCUT2D eigenvalue weighted by molar-refractivity contribution is 0.0792. The van der Waals surface area contributed by atoms with Crippen LogP contribution in [0.4, 0.5) is 0 Å². The molecule has 2 aliphatic rings. The van der Waals surface area contributed by atoms with Crippen LogP contribution in [0.15, 0.2) is 35.5 Å². The fraction of sp³-hybridized carbons (Fsp3) is 0.400. The second-order valence-electron chi connectivity index (χ2n) is 5.44. The standard InChI is InChI=1S/C15H18N2O3S/c1-3-17-13(10-8-16-9-10)14(21(2,19)20)11-6-4-5-7-12(11)15(17)18/h4-7,14,16H,3,8-9H2,1-2H3. The molecule has 1 aromatic carbocycles. The molecule has 1 unspecified atom stereocenters. The van der Waals surface area contributed by atoms with Gasteiger partial charge in [0.15, 0.2) is 9.84 Å². The van der Waals surface area contributed by atoms with Crippen molar-refractivity contribution in [2.24, 2.45) is 0 Å². The van der Waals surface area contributed by atoms with Crippen LogP contribution in [-0.4, -0.2) is 45.1 Å². The molecule has 1 fully saturated rings. The molecule has 112 valence electrons. The van der Waals surface area contributed by atoms with Crippen LogP contribution in [0.1, 0.15) is 28.1 Å². The lowest BCUT2D eigenvalue weighted by Crippen LogP contribution is -2.46. The molecule has 0 aliphatic carbocycles. The number of hydrogen-bond acceptors (Lipinski definition) is 4. The van der Waals surface area contributed by atoms with Gasteiger partial charge in [-0.15, -0.1) is 0 Å². The highest BCUT2D eigenvalue weighted by molar-refractivity contribution is 7.91. The maximum absolute atomic E-state index is 12.7. The third-order valence-corrected chi connectivity index (χ3v) is 5.37. The number of sulfone groups is 1. The molecular weight excluding hydrogens is 288 g/mol. The van der Waals surface area contributed by atoms with Gasteiger partial charge >= 0.3 is 0 Å². The predicted octanol–water partition coefficient (Wildman–Crippen LogP) is 1.11. The van der Waals surface area contributed by atoms with Crippen LogP contribution in [0.5, 0.6) is 0 Å². The Balaban J connectivity index is 2.31. The van der Waals surface area contributed by atoms with E-state index in [0.717, 1.165) is 5.57 Å². The molecule has 2 aliphatic heterocycles. The smallest absolute Gasteiger partial charge is 0.258 e. The van der Waals surface area contributed by atoms with Crippen molar-refractivity contribution in [3.05, 3.63) is 46.7 Å². The van der Waals surface area contributed by atoms with E-state index in [4.69, 9.17) is 0 Å². The summed E-state index contributed by atoms with van der Waals surface area (Å²) in [6, 6.07) is 7.01. The summed E-state index contributed by atoms with van der Waals surface area (Å²) in [5, 5.41) is 2.38. The van der Waals surface area contributed by atoms with E-state index in [9.17, 15) is 13.2 Å². The summed E-state index contributed by atoms with van der Waals surface area (Å²) in [5.41, 5.74) is 2.76. The molecule has 6 heteroatoms. The van der Waals surface area contributed by atoms with E-state index in [1.807, 2.05) is 6.92 Å². The van der Waals surface area contributed by atoms with Gasteiger partial charge in [-0.3, -0.25) is 4.79 Å². The van der Waals surface area contributed by atoms with Crippen LogP contribution < -0.4 is 5.32 Å². The first-order valence-electron chi connectivity index (χ1n) is 6.97. The van der Waals surface area contributed by atoms with E-state index in [0.29, 0.717) is 36.5 Å². The largest absolute Gasteiger partial charge is 0.311 e. The Kier molecular flexibility index (Phi) is 3.37. The van der Waals surface area contributed by atoms with Gasteiger partial charge in [-0.1, -0.05) is 18.2 Å². The molecule has 5 nitrogen and oxygen atoms in total. The fourth-order valence-electron chi connectivity index (χ4n) is 3.02. The van der Waals surface area contributed by atoms with Gasteiger partial charge in [0.25, 0.3) is 5.91 Å². The molecule has 0 aromatic heterocycles. The number of carbonyl (C=O) groups is 1. The molecule has 1 atom stereocenters. The van der Waals surface area contributed by atoms with E-state index >= 15 is 0 Å². The Morgan fingerprint density at radius 3 is 2.48 bits per heavy atom. The van der Waals surface area contributed by atoms with E-state index < -0.39 is 15.1 Å². The van der Waals surface area contributed by atoms with Crippen LogP contribution >= 0.6 is 0 Å². The van der Waals surface area contributed by atoms with Gasteiger partial charge in [-0.2, -0.15) is 0 Å². The third kappa shape index (κ3) is 2.18. The third-order valence-electron chi connectivity index (χ3n) is 4.04. The molecule has 1 N–H and O–H groups in total. The number of amides is 1. The van der Waals surface area contributed by atoms with Gasteiger partial charge in [-0.05, 0) is 24.1 Å². The molecule has 2 heterocycles. The Morgan fingerprint density at radius 1 is 1.29 bits per heavy atom. The molecular formula is C15H18N2O3S. The van der Waals surface area contributed by atoms with Crippen LogP contribution in [0.25, 0.3) is 0 Å². The van der Waals surface area contributed by atoms with Gasteiger partial charge in [-0.25, -0.2) is 8.42 Å². The summed E-state index contributed by atoms with van der Waals surface area (Å²) >= 11 is 0. The Hall–Kier alpha value is -1.66. The number of nitrogens with zero attached hydrogens (tertiary/aromatic N) is 1. The topological polar surface area (TPSA) is 66.5 Å². The first-order valence-corrected chi connectivity index (χ1v) is 8.93. The highest BCUT2D eigenvalue weighted by Crippen LogP contribution is 2.41. The zero-order valence-corrected chi connectivity index (χ0v) is 12.9. The Bertz CT molecular complexity index is 731. The summed E-state index contributed by atoms with van der Waals surface area (Å²) in [6.07, 6.45) is 1.24. The molecule has 1 amide bonds. The highest BCUT2D eigenvalue weighted by atomic mass is 32.2. The van der Waals surface area contributed by atoms with E-state index in [1.54, 1.807) is 29.2 Å². The van der Waals surface area contributed by atoms with E-state index in [-0.39, 0.29) is 5.91 Å². The van der Waals surface area contributed by atoms with Gasteiger partial charge in [0.2, 0.25) is 0 Å². The quantitative estimate of drug-likeness (QED) is 0.889. The molecule has 0 radical (unpaired) electrons. The van der Waals surface area contributed by atoms with Crippen molar-refractivity contribution in [1.29, 1.82) is 0 Å². The normalized spacial score (nSPS) is 22.1. The van der Waals surface area contributed by atoms with Crippen LogP contribution in [-0.2, 0) is 9.84 Å². The lowest BCUT2D eigenvalue weighted by Gasteiger charge is -2.39. The zero-order chi connectivity index (χ0) is 15.2. The summed E-state index contributed by atoms with van der Waals surface area (Å²) in [6.45, 7) is 3.64. The number of fused-ring (bicyclic) bond motifs is 1. The summed E-state index contributed by atoms with van der Waals surface area (Å²) in [7, 11) is -3.36. The number of likely N-dealkylation sites (N-methyl/N-ethyl adjacent to an activating group) is 1. The minimum absolute atomic E-state index is 0.109. The highest BCUT2D eigenvalue weighted by Gasteiger charge is 2.42. The minimum Gasteiger partial charge on any atom is -0.311 e. The van der Waals surface area contributed by atoms with Crippen molar-refractivity contribution < 1.29 is 13.2 Å². The van der Waals surface area contributed by atoms with Gasteiger partial charge in [0.05, 0.1) is 0 Å². The lowest BCUT2D eigenvalue weighted by atomic mass is 9.92. The van der Waals surface area contributed by atoms with E-state index in [2.05, 4.69) is 5.32 Å². The molecule has 1 saturated heterocycles. The molecule has 21 heavy (non-hydrogen) atoms. The molecule has 0 spiro atoms. The average Bonchev–Trinajstić information content (AvgIpc) is 2.36. The summed E-state index contributed by atoms with van der Waals surface area (Å²) in [4.78, 5) is 14.3. The maximum Gasteiger partial charge on any atom is 0.258 e. The van der Waals surface area contributed by atoms with Crippen molar-refractivity contribution in [3.8, 4) is 0 Å².